The number of fused-ring (bicyclic) bond motifs is 1. The van der Waals surface area contributed by atoms with Crippen LogP contribution in [0.15, 0.2) is 59.9 Å². The minimum atomic E-state index is -1.08. The van der Waals surface area contributed by atoms with Gasteiger partial charge in [-0.05, 0) is 63.3 Å². The first kappa shape index (κ1) is 31.7. The summed E-state index contributed by atoms with van der Waals surface area (Å²) in [4.78, 5) is 54.1. The second kappa shape index (κ2) is 13.9. The highest BCUT2D eigenvalue weighted by molar-refractivity contribution is 6.11. The lowest BCUT2D eigenvalue weighted by molar-refractivity contribution is -0.160. The quantitative estimate of drug-likeness (QED) is 0.253. The minimum absolute atomic E-state index is 0.101. The van der Waals surface area contributed by atoms with Crippen molar-refractivity contribution >= 4 is 29.5 Å². The van der Waals surface area contributed by atoms with Crippen molar-refractivity contribution in [2.24, 2.45) is 0 Å². The summed E-state index contributed by atoms with van der Waals surface area (Å²) in [5.74, 6) is -1.62. The molecule has 0 radical (unpaired) electrons. The fourth-order valence-corrected chi connectivity index (χ4v) is 5.01. The Morgan fingerprint density at radius 2 is 1.81 bits per heavy atom. The van der Waals surface area contributed by atoms with Crippen molar-refractivity contribution in [2.45, 2.75) is 84.2 Å². The number of nitrogens with zero attached hydrogens (tertiary/aromatic N) is 1. The fourth-order valence-electron chi connectivity index (χ4n) is 5.01. The fraction of sp³-hybridized carbons (Fsp3) is 0.455. The van der Waals surface area contributed by atoms with Crippen molar-refractivity contribution in [1.82, 2.24) is 0 Å². The van der Waals surface area contributed by atoms with Gasteiger partial charge in [-0.1, -0.05) is 44.2 Å². The van der Waals surface area contributed by atoms with Crippen LogP contribution in [-0.2, 0) is 39.9 Å². The summed E-state index contributed by atoms with van der Waals surface area (Å²) < 4.78 is 28.3. The maximum atomic E-state index is 14.4. The third-order valence-corrected chi connectivity index (χ3v) is 8.03. The van der Waals surface area contributed by atoms with Crippen molar-refractivity contribution in [3.05, 3.63) is 71.0 Å². The van der Waals surface area contributed by atoms with E-state index in [0.717, 1.165) is 5.56 Å². The van der Waals surface area contributed by atoms with Crippen LogP contribution in [0.2, 0.25) is 0 Å². The number of amides is 1. The molecule has 0 fully saturated rings. The molecule has 0 bridgehead atoms. The van der Waals surface area contributed by atoms with Crippen molar-refractivity contribution in [3.8, 4) is 5.75 Å². The first-order valence-corrected chi connectivity index (χ1v) is 14.6. The topological polar surface area (TPSA) is 118 Å². The molecule has 2 atom stereocenters. The van der Waals surface area contributed by atoms with E-state index in [2.05, 4.69) is 0 Å². The van der Waals surface area contributed by atoms with Crippen molar-refractivity contribution in [2.75, 3.05) is 18.6 Å². The smallest absolute Gasteiger partial charge is 0.337 e. The van der Waals surface area contributed by atoms with Gasteiger partial charge in [-0.25, -0.2) is 14.4 Å². The van der Waals surface area contributed by atoms with Gasteiger partial charge in [0.15, 0.2) is 5.75 Å². The van der Waals surface area contributed by atoms with E-state index in [1.165, 1.54) is 24.1 Å². The molecule has 43 heavy (non-hydrogen) atoms. The number of ether oxygens (including phenoxy) is 5. The average Bonchev–Trinajstić information content (AvgIpc) is 3.15. The predicted molar refractivity (Wildman–Crippen MR) is 157 cm³/mol. The van der Waals surface area contributed by atoms with E-state index in [1.807, 2.05) is 51.1 Å². The Labute approximate surface area is 251 Å². The number of hydrogen-bond acceptors (Lipinski definition) is 9. The Bertz CT molecular complexity index is 1380. The van der Waals surface area contributed by atoms with Crippen LogP contribution in [0.3, 0.4) is 0 Å². The molecule has 0 saturated carbocycles. The first-order valence-electron chi connectivity index (χ1n) is 14.6. The van der Waals surface area contributed by atoms with Gasteiger partial charge in [0.1, 0.15) is 30.6 Å². The number of rotatable bonds is 11. The normalized spacial score (nSPS) is 17.2. The van der Waals surface area contributed by atoms with Crippen LogP contribution in [0.25, 0.3) is 0 Å². The van der Waals surface area contributed by atoms with Crippen LogP contribution in [0.1, 0.15) is 75.7 Å². The van der Waals surface area contributed by atoms with Gasteiger partial charge in [-0.2, -0.15) is 0 Å². The third kappa shape index (κ3) is 7.25. The van der Waals surface area contributed by atoms with Gasteiger partial charge < -0.3 is 23.7 Å². The predicted octanol–water partition coefficient (Wildman–Crippen LogP) is 5.28. The molecular weight excluding hydrogens is 554 g/mol. The Morgan fingerprint density at radius 3 is 2.49 bits per heavy atom. The van der Waals surface area contributed by atoms with E-state index < -0.39 is 41.6 Å². The highest BCUT2D eigenvalue weighted by Gasteiger charge is 2.42. The van der Waals surface area contributed by atoms with Gasteiger partial charge in [-0.3, -0.25) is 9.69 Å². The Hall–Kier alpha value is -4.18. The van der Waals surface area contributed by atoms with Crippen molar-refractivity contribution in [3.63, 3.8) is 0 Å². The number of carbonyl (C=O) groups excluding carboxylic acids is 4. The Kier molecular flexibility index (Phi) is 10.2. The average molecular weight is 594 g/mol. The molecular formula is C33H39NO9. The minimum Gasteiger partial charge on any atom is -0.465 e. The van der Waals surface area contributed by atoms with Gasteiger partial charge in [0.2, 0.25) is 0 Å². The molecule has 2 aliphatic rings. The zero-order valence-corrected chi connectivity index (χ0v) is 25.3. The molecule has 2 aromatic carbocycles. The summed E-state index contributed by atoms with van der Waals surface area (Å²) in [6.45, 7) is 7.00. The van der Waals surface area contributed by atoms with Gasteiger partial charge in [0.05, 0.1) is 30.0 Å². The largest absolute Gasteiger partial charge is 0.465 e. The van der Waals surface area contributed by atoms with Crippen molar-refractivity contribution < 1.29 is 42.9 Å². The Morgan fingerprint density at radius 1 is 1.09 bits per heavy atom. The number of esters is 3. The molecule has 2 aromatic rings. The standard InChI is InChI=1S/C33H39NO9/c1-6-33(4,7-2)43-31(37)21(3)34-24-18-23(32(38)39-5)16-17-25(24)42-27-15-11-14-26(29(27)30(34)36)40-20-28(35)41-19-22-12-9-8-10-13-22/h8-10,12-13,16-18,21,26H,6-7,11,14-15,19-20H2,1-5H3. The molecule has 1 heterocycles. The highest BCUT2D eigenvalue weighted by Crippen LogP contribution is 2.41. The summed E-state index contributed by atoms with van der Waals surface area (Å²) in [6, 6.07) is 12.8. The second-order valence-corrected chi connectivity index (χ2v) is 10.9. The van der Waals surface area contributed by atoms with E-state index in [4.69, 9.17) is 23.7 Å². The number of hydrogen-bond donors (Lipinski definition) is 0. The molecule has 1 aliphatic heterocycles. The first-order chi connectivity index (χ1) is 20.6. The lowest BCUT2D eigenvalue weighted by atomic mass is 9.93. The monoisotopic (exact) mass is 593 g/mol. The number of benzene rings is 2. The third-order valence-electron chi connectivity index (χ3n) is 8.03. The van der Waals surface area contributed by atoms with Crippen LogP contribution >= 0.6 is 0 Å². The van der Waals surface area contributed by atoms with Crippen LogP contribution in [-0.4, -0.2) is 55.3 Å². The number of carbonyl (C=O) groups is 4. The summed E-state index contributed by atoms with van der Waals surface area (Å²) in [5, 5.41) is 0. The van der Waals surface area contributed by atoms with Crippen LogP contribution in [0.4, 0.5) is 5.69 Å². The van der Waals surface area contributed by atoms with Gasteiger partial charge in [-0.15, -0.1) is 0 Å². The van der Waals surface area contributed by atoms with E-state index in [-0.39, 0.29) is 30.0 Å². The summed E-state index contributed by atoms with van der Waals surface area (Å²) in [6.07, 6.45) is 1.96. The molecule has 2 unspecified atom stereocenters. The SMILES string of the molecule is CCC(C)(CC)OC(=O)C(C)N1C(=O)C2=C(CCCC2OCC(=O)OCc2ccccc2)Oc2ccc(C(=O)OC)cc21. The zero-order chi connectivity index (χ0) is 31.1. The molecule has 0 spiro atoms. The molecule has 4 rings (SSSR count). The lowest BCUT2D eigenvalue weighted by Gasteiger charge is -2.34. The van der Waals surface area contributed by atoms with Gasteiger partial charge >= 0.3 is 17.9 Å². The molecule has 0 aromatic heterocycles. The maximum absolute atomic E-state index is 14.4. The highest BCUT2D eigenvalue weighted by atomic mass is 16.6. The summed E-state index contributed by atoms with van der Waals surface area (Å²) in [7, 11) is 1.26. The number of methoxy groups -OCH3 is 1. The van der Waals surface area contributed by atoms with Crippen molar-refractivity contribution in [1.29, 1.82) is 0 Å². The molecule has 10 heteroatoms. The molecule has 1 aliphatic carbocycles. The van der Waals surface area contributed by atoms with E-state index >= 15 is 0 Å². The molecule has 0 N–H and O–H groups in total. The van der Waals surface area contributed by atoms with E-state index in [9.17, 15) is 19.2 Å². The summed E-state index contributed by atoms with van der Waals surface area (Å²) in [5.41, 5.74) is 0.751. The number of anilines is 1. The number of allylic oxidation sites excluding steroid dienone is 1. The zero-order valence-electron chi connectivity index (χ0n) is 25.3. The lowest BCUT2D eigenvalue weighted by Crippen LogP contribution is -2.48. The molecule has 1 amide bonds. The molecule has 230 valence electrons. The van der Waals surface area contributed by atoms with Crippen LogP contribution < -0.4 is 9.64 Å². The Balaban J connectivity index is 1.63. The van der Waals surface area contributed by atoms with Gasteiger partial charge in [0, 0.05) is 6.42 Å². The van der Waals surface area contributed by atoms with Gasteiger partial charge in [0.25, 0.3) is 5.91 Å². The second-order valence-electron chi connectivity index (χ2n) is 10.9. The maximum Gasteiger partial charge on any atom is 0.337 e. The molecule has 10 nitrogen and oxygen atoms in total. The molecule has 0 saturated heterocycles. The van der Waals surface area contributed by atoms with Crippen LogP contribution in [0.5, 0.6) is 5.75 Å². The van der Waals surface area contributed by atoms with E-state index in [1.54, 1.807) is 13.0 Å². The summed E-state index contributed by atoms with van der Waals surface area (Å²) >= 11 is 0. The van der Waals surface area contributed by atoms with E-state index in [0.29, 0.717) is 43.6 Å². The van der Waals surface area contributed by atoms with Crippen LogP contribution in [0, 0.1) is 0 Å².